The number of nitrogens with one attached hydrogen (secondary N) is 1. The highest BCUT2D eigenvalue weighted by Gasteiger charge is 2.19. The van der Waals surface area contributed by atoms with Gasteiger partial charge in [-0.15, -0.1) is 0 Å². The molecule has 2 N–H and O–H groups in total. The Bertz CT molecular complexity index is 853. The Labute approximate surface area is 141 Å². The summed E-state index contributed by atoms with van der Waals surface area (Å²) in [4.78, 5) is 15.5. The molecule has 3 aromatic rings. The van der Waals surface area contributed by atoms with Crippen molar-refractivity contribution in [1.82, 2.24) is 14.7 Å². The van der Waals surface area contributed by atoms with Crippen molar-refractivity contribution < 1.29 is 9.90 Å². The Morgan fingerprint density at radius 2 is 1.96 bits per heavy atom. The maximum Gasteiger partial charge on any atom is 0.337 e. The lowest BCUT2D eigenvalue weighted by Gasteiger charge is -2.25. The van der Waals surface area contributed by atoms with E-state index in [0.29, 0.717) is 6.54 Å². The van der Waals surface area contributed by atoms with Gasteiger partial charge in [0.15, 0.2) is 0 Å². The predicted molar refractivity (Wildman–Crippen MR) is 93.3 cm³/mol. The summed E-state index contributed by atoms with van der Waals surface area (Å²) < 4.78 is 1.83. The molecule has 0 spiro atoms. The van der Waals surface area contributed by atoms with E-state index >= 15 is 0 Å². The molecule has 24 heavy (non-hydrogen) atoms. The van der Waals surface area contributed by atoms with Crippen LogP contribution in [0.5, 0.6) is 0 Å². The highest BCUT2D eigenvalue weighted by atomic mass is 16.4. The monoisotopic (exact) mass is 323 g/mol. The molecule has 0 fully saturated rings. The predicted octanol–water partition coefficient (Wildman–Crippen LogP) is 3.10. The van der Waals surface area contributed by atoms with Gasteiger partial charge >= 0.3 is 5.97 Å². The third kappa shape index (κ3) is 3.31. The lowest BCUT2D eigenvalue weighted by Crippen LogP contribution is -2.32. The first-order valence-corrected chi connectivity index (χ1v) is 7.93. The molecule has 0 bridgehead atoms. The van der Waals surface area contributed by atoms with Crippen LogP contribution in [0.1, 0.15) is 35.5 Å². The molecule has 0 aliphatic rings. The zero-order valence-corrected chi connectivity index (χ0v) is 13.9. The van der Waals surface area contributed by atoms with E-state index in [1.54, 1.807) is 24.5 Å². The minimum Gasteiger partial charge on any atom is -0.478 e. The lowest BCUT2D eigenvalue weighted by molar-refractivity contribution is 0.0696. The van der Waals surface area contributed by atoms with Crippen LogP contribution in [0.3, 0.4) is 0 Å². The van der Waals surface area contributed by atoms with Gasteiger partial charge in [-0.25, -0.2) is 9.78 Å². The molecule has 124 valence electrons. The summed E-state index contributed by atoms with van der Waals surface area (Å²) >= 11 is 0. The lowest BCUT2D eigenvalue weighted by atomic mass is 9.84. The fourth-order valence-corrected chi connectivity index (χ4v) is 2.78. The maximum absolute atomic E-state index is 11.1. The van der Waals surface area contributed by atoms with Crippen molar-refractivity contribution in [3.05, 3.63) is 71.7 Å². The van der Waals surface area contributed by atoms with Gasteiger partial charge in [-0.3, -0.25) is 0 Å². The SMILES string of the molecule is CC(C)(CNCc1cnc2ccc(C(=O)O)cn12)c1ccccc1. The Morgan fingerprint density at radius 1 is 1.21 bits per heavy atom. The molecular formula is C19H21N3O2. The molecule has 2 heterocycles. The maximum atomic E-state index is 11.1. The highest BCUT2D eigenvalue weighted by Crippen LogP contribution is 2.21. The summed E-state index contributed by atoms with van der Waals surface area (Å²) in [6.45, 7) is 5.84. The molecule has 0 atom stereocenters. The van der Waals surface area contributed by atoms with Crippen LogP contribution in [0.25, 0.3) is 5.65 Å². The van der Waals surface area contributed by atoms with Crippen LogP contribution in [-0.4, -0.2) is 27.0 Å². The third-order valence-electron chi connectivity index (χ3n) is 4.26. The van der Waals surface area contributed by atoms with Gasteiger partial charge in [-0.2, -0.15) is 0 Å². The number of imidazole rings is 1. The minimum absolute atomic E-state index is 0.00791. The third-order valence-corrected chi connectivity index (χ3v) is 4.26. The molecule has 0 unspecified atom stereocenters. The molecule has 5 nitrogen and oxygen atoms in total. The average Bonchev–Trinajstić information content (AvgIpc) is 2.98. The van der Waals surface area contributed by atoms with Crippen molar-refractivity contribution in [1.29, 1.82) is 0 Å². The number of aromatic carboxylic acids is 1. The number of carboxylic acids is 1. The van der Waals surface area contributed by atoms with E-state index in [4.69, 9.17) is 5.11 Å². The van der Waals surface area contributed by atoms with Crippen molar-refractivity contribution in [3.8, 4) is 0 Å². The summed E-state index contributed by atoms with van der Waals surface area (Å²) in [5, 5.41) is 12.6. The molecule has 0 saturated heterocycles. The van der Waals surface area contributed by atoms with Gasteiger partial charge in [-0.1, -0.05) is 44.2 Å². The molecule has 0 saturated carbocycles. The van der Waals surface area contributed by atoms with Crippen molar-refractivity contribution in [3.63, 3.8) is 0 Å². The standard InChI is InChI=1S/C19H21N3O2/c1-19(2,15-6-4-3-5-7-15)13-20-10-16-11-21-17-9-8-14(18(23)24)12-22(16)17/h3-9,11-12,20H,10,13H2,1-2H3,(H,23,24). The van der Waals surface area contributed by atoms with E-state index in [9.17, 15) is 4.79 Å². The van der Waals surface area contributed by atoms with E-state index in [2.05, 4.69) is 48.4 Å². The number of hydrogen-bond acceptors (Lipinski definition) is 3. The first-order valence-electron chi connectivity index (χ1n) is 7.93. The van der Waals surface area contributed by atoms with Gasteiger partial charge in [-0.05, 0) is 17.7 Å². The van der Waals surface area contributed by atoms with E-state index in [0.717, 1.165) is 17.9 Å². The van der Waals surface area contributed by atoms with Crippen LogP contribution in [0, 0.1) is 0 Å². The van der Waals surface area contributed by atoms with Crippen LogP contribution in [0.4, 0.5) is 0 Å². The quantitative estimate of drug-likeness (QED) is 0.731. The first kappa shape index (κ1) is 16.2. The van der Waals surface area contributed by atoms with Crippen LogP contribution in [-0.2, 0) is 12.0 Å². The first-order chi connectivity index (χ1) is 11.5. The van der Waals surface area contributed by atoms with Gasteiger partial charge in [0, 0.05) is 24.7 Å². The van der Waals surface area contributed by atoms with Crippen molar-refractivity contribution in [2.24, 2.45) is 0 Å². The summed E-state index contributed by atoms with van der Waals surface area (Å²) in [7, 11) is 0. The number of nitrogens with zero attached hydrogens (tertiary/aromatic N) is 2. The Morgan fingerprint density at radius 3 is 2.67 bits per heavy atom. The van der Waals surface area contributed by atoms with Crippen LogP contribution >= 0.6 is 0 Å². The molecule has 0 amide bonds. The summed E-state index contributed by atoms with van der Waals surface area (Å²) in [6, 6.07) is 13.7. The smallest absolute Gasteiger partial charge is 0.337 e. The second kappa shape index (κ2) is 6.45. The fourth-order valence-electron chi connectivity index (χ4n) is 2.78. The molecule has 0 radical (unpaired) electrons. The molecule has 0 aliphatic heterocycles. The van der Waals surface area contributed by atoms with Gasteiger partial charge in [0.25, 0.3) is 0 Å². The van der Waals surface area contributed by atoms with Gasteiger partial charge < -0.3 is 14.8 Å². The minimum atomic E-state index is -0.935. The zero-order chi connectivity index (χ0) is 17.2. The van der Waals surface area contributed by atoms with Crippen molar-refractivity contribution >= 4 is 11.6 Å². The second-order valence-corrected chi connectivity index (χ2v) is 6.55. The summed E-state index contributed by atoms with van der Waals surface area (Å²) in [5.41, 5.74) is 3.24. The van der Waals surface area contributed by atoms with E-state index in [-0.39, 0.29) is 11.0 Å². The Hall–Kier alpha value is -2.66. The van der Waals surface area contributed by atoms with Crippen LogP contribution in [0.15, 0.2) is 54.9 Å². The molecule has 0 aliphatic carbocycles. The number of benzene rings is 1. The largest absolute Gasteiger partial charge is 0.478 e. The number of carbonyl (C=O) groups is 1. The molecular weight excluding hydrogens is 302 g/mol. The van der Waals surface area contributed by atoms with E-state index in [1.807, 2.05) is 10.5 Å². The normalized spacial score (nSPS) is 11.8. The van der Waals surface area contributed by atoms with Crippen molar-refractivity contribution in [2.75, 3.05) is 6.54 Å². The topological polar surface area (TPSA) is 66.6 Å². The molecule has 1 aromatic carbocycles. The summed E-state index contributed by atoms with van der Waals surface area (Å²) in [5.74, 6) is -0.935. The highest BCUT2D eigenvalue weighted by molar-refractivity contribution is 5.87. The molecule has 5 heteroatoms. The Balaban J connectivity index is 1.72. The Kier molecular flexibility index (Phi) is 4.36. The summed E-state index contributed by atoms with van der Waals surface area (Å²) in [6.07, 6.45) is 3.40. The van der Waals surface area contributed by atoms with E-state index in [1.165, 1.54) is 5.56 Å². The number of hydrogen-bond donors (Lipinski definition) is 2. The number of carboxylic acid groups (broad SMARTS) is 1. The van der Waals surface area contributed by atoms with Gasteiger partial charge in [0.05, 0.1) is 17.5 Å². The molecule has 2 aromatic heterocycles. The number of fused-ring (bicyclic) bond motifs is 1. The molecule has 3 rings (SSSR count). The zero-order valence-electron chi connectivity index (χ0n) is 13.9. The van der Waals surface area contributed by atoms with Gasteiger partial charge in [0.1, 0.15) is 5.65 Å². The van der Waals surface area contributed by atoms with Gasteiger partial charge in [0.2, 0.25) is 0 Å². The number of aromatic nitrogens is 2. The second-order valence-electron chi connectivity index (χ2n) is 6.55. The van der Waals surface area contributed by atoms with Crippen LogP contribution in [0.2, 0.25) is 0 Å². The van der Waals surface area contributed by atoms with Crippen LogP contribution < -0.4 is 5.32 Å². The van der Waals surface area contributed by atoms with E-state index < -0.39 is 5.97 Å². The average molecular weight is 323 g/mol. The number of rotatable bonds is 6. The van der Waals surface area contributed by atoms with Crippen molar-refractivity contribution in [2.45, 2.75) is 25.8 Å². The number of pyridine rings is 1. The fraction of sp³-hybridized carbons (Fsp3) is 0.263.